The van der Waals surface area contributed by atoms with Crippen LogP contribution in [0.2, 0.25) is 0 Å². The molecule has 0 aliphatic rings. The molecular formula is C12H16BrNO. The monoisotopic (exact) mass is 269 g/mol. The summed E-state index contributed by atoms with van der Waals surface area (Å²) in [5.74, 6) is 0.407. The van der Waals surface area contributed by atoms with E-state index in [9.17, 15) is 4.79 Å². The van der Waals surface area contributed by atoms with Crippen LogP contribution >= 0.6 is 15.9 Å². The van der Waals surface area contributed by atoms with Crippen LogP contribution in [-0.4, -0.2) is 12.5 Å². The Kier molecular flexibility index (Phi) is 4.82. The molecule has 0 spiro atoms. The van der Waals surface area contributed by atoms with E-state index in [0.717, 1.165) is 10.9 Å². The van der Waals surface area contributed by atoms with Gasteiger partial charge in [0.25, 0.3) is 0 Å². The average Bonchev–Trinajstić information content (AvgIpc) is 2.21. The van der Waals surface area contributed by atoms with E-state index in [1.54, 1.807) is 6.92 Å². The molecule has 0 aromatic heterocycles. The minimum atomic E-state index is 0.0282. The van der Waals surface area contributed by atoms with Crippen LogP contribution < -0.4 is 5.32 Å². The van der Waals surface area contributed by atoms with Crippen LogP contribution in [0.1, 0.15) is 31.7 Å². The van der Waals surface area contributed by atoms with E-state index >= 15 is 0 Å². The van der Waals surface area contributed by atoms with Gasteiger partial charge in [-0.2, -0.15) is 0 Å². The summed E-state index contributed by atoms with van der Waals surface area (Å²) in [6.07, 6.45) is 1.02. The molecule has 0 bridgehead atoms. The molecule has 2 nitrogen and oxygen atoms in total. The Balaban J connectivity index is 2.74. The molecule has 1 aromatic carbocycles. The van der Waals surface area contributed by atoms with Gasteiger partial charge >= 0.3 is 0 Å². The maximum atomic E-state index is 10.9. The van der Waals surface area contributed by atoms with Gasteiger partial charge in [0.05, 0.1) is 0 Å². The molecule has 1 amide bonds. The highest BCUT2D eigenvalue weighted by molar-refractivity contribution is 9.10. The number of hydrogen-bond acceptors (Lipinski definition) is 1. The summed E-state index contributed by atoms with van der Waals surface area (Å²) in [5, 5.41) is 2.86. The lowest BCUT2D eigenvalue weighted by atomic mass is 9.96. The van der Waals surface area contributed by atoms with Gasteiger partial charge in [0.1, 0.15) is 0 Å². The zero-order chi connectivity index (χ0) is 11.3. The van der Waals surface area contributed by atoms with E-state index in [2.05, 4.69) is 34.2 Å². The Morgan fingerprint density at radius 1 is 1.47 bits per heavy atom. The summed E-state index contributed by atoms with van der Waals surface area (Å²) in [6.45, 7) is 4.38. The Labute approximate surface area is 99.2 Å². The van der Waals surface area contributed by atoms with Crippen molar-refractivity contribution < 1.29 is 4.79 Å². The highest BCUT2D eigenvalue weighted by Crippen LogP contribution is 2.26. The van der Waals surface area contributed by atoms with Gasteiger partial charge in [-0.25, -0.2) is 0 Å². The van der Waals surface area contributed by atoms with E-state index in [0.29, 0.717) is 12.5 Å². The first-order valence-electron chi connectivity index (χ1n) is 5.14. The van der Waals surface area contributed by atoms with Crippen LogP contribution in [0, 0.1) is 0 Å². The Morgan fingerprint density at radius 2 is 2.13 bits per heavy atom. The first-order valence-corrected chi connectivity index (χ1v) is 5.93. The van der Waals surface area contributed by atoms with Gasteiger partial charge in [-0.05, 0) is 18.1 Å². The number of carbonyl (C=O) groups is 1. The van der Waals surface area contributed by atoms with Crippen molar-refractivity contribution in [1.82, 2.24) is 5.32 Å². The van der Waals surface area contributed by atoms with E-state index in [-0.39, 0.29) is 5.91 Å². The standard InChI is InChI=1S/C12H16BrNO/c1-3-10(8-14-9(2)15)11-6-4-5-7-12(11)13/h4-7,10H,3,8H2,1-2H3,(H,14,15). The molecule has 0 aliphatic carbocycles. The number of halogens is 1. The average molecular weight is 270 g/mol. The molecule has 15 heavy (non-hydrogen) atoms. The minimum absolute atomic E-state index is 0.0282. The molecule has 82 valence electrons. The maximum absolute atomic E-state index is 10.9. The Morgan fingerprint density at radius 3 is 2.67 bits per heavy atom. The van der Waals surface area contributed by atoms with Crippen molar-refractivity contribution in [3.8, 4) is 0 Å². The van der Waals surface area contributed by atoms with Crippen molar-refractivity contribution in [3.63, 3.8) is 0 Å². The lowest BCUT2D eigenvalue weighted by molar-refractivity contribution is -0.119. The highest BCUT2D eigenvalue weighted by atomic mass is 79.9. The molecule has 0 saturated carbocycles. The fourth-order valence-electron chi connectivity index (χ4n) is 1.55. The first kappa shape index (κ1) is 12.2. The first-order chi connectivity index (χ1) is 7.15. The highest BCUT2D eigenvalue weighted by Gasteiger charge is 2.12. The van der Waals surface area contributed by atoms with Crippen LogP contribution in [-0.2, 0) is 4.79 Å². The van der Waals surface area contributed by atoms with E-state index in [1.807, 2.05) is 18.2 Å². The quantitative estimate of drug-likeness (QED) is 0.895. The minimum Gasteiger partial charge on any atom is -0.356 e. The molecule has 1 aromatic rings. The van der Waals surface area contributed by atoms with Crippen LogP contribution in [0.5, 0.6) is 0 Å². The Hall–Kier alpha value is -0.830. The number of carbonyl (C=O) groups excluding carboxylic acids is 1. The summed E-state index contributed by atoms with van der Waals surface area (Å²) >= 11 is 3.53. The lowest BCUT2D eigenvalue weighted by Gasteiger charge is -2.17. The SMILES string of the molecule is CCC(CNC(C)=O)c1ccccc1Br. The summed E-state index contributed by atoms with van der Waals surface area (Å²) in [5.41, 5.74) is 1.26. The van der Waals surface area contributed by atoms with Gasteiger partial charge in [0, 0.05) is 23.9 Å². The van der Waals surface area contributed by atoms with Crippen molar-refractivity contribution >= 4 is 21.8 Å². The van der Waals surface area contributed by atoms with Gasteiger partial charge in [-0.1, -0.05) is 41.1 Å². The molecule has 1 rings (SSSR count). The number of hydrogen-bond donors (Lipinski definition) is 1. The maximum Gasteiger partial charge on any atom is 0.216 e. The summed E-state index contributed by atoms with van der Waals surface area (Å²) in [7, 11) is 0. The largest absolute Gasteiger partial charge is 0.356 e. The fraction of sp³-hybridized carbons (Fsp3) is 0.417. The Bertz CT molecular complexity index is 338. The van der Waals surface area contributed by atoms with E-state index in [1.165, 1.54) is 5.56 Å². The number of benzene rings is 1. The third-order valence-electron chi connectivity index (χ3n) is 2.44. The zero-order valence-electron chi connectivity index (χ0n) is 9.09. The number of nitrogens with one attached hydrogen (secondary N) is 1. The second-order valence-corrected chi connectivity index (χ2v) is 4.42. The summed E-state index contributed by atoms with van der Waals surface area (Å²) in [4.78, 5) is 10.9. The van der Waals surface area contributed by atoms with Gasteiger partial charge in [0.2, 0.25) is 5.91 Å². The zero-order valence-corrected chi connectivity index (χ0v) is 10.7. The molecule has 1 N–H and O–H groups in total. The van der Waals surface area contributed by atoms with Crippen molar-refractivity contribution in [1.29, 1.82) is 0 Å². The van der Waals surface area contributed by atoms with Gasteiger partial charge < -0.3 is 5.32 Å². The lowest BCUT2D eigenvalue weighted by Crippen LogP contribution is -2.25. The van der Waals surface area contributed by atoms with Crippen molar-refractivity contribution in [2.24, 2.45) is 0 Å². The van der Waals surface area contributed by atoms with E-state index < -0.39 is 0 Å². The second kappa shape index (κ2) is 5.91. The van der Waals surface area contributed by atoms with Crippen molar-refractivity contribution in [2.45, 2.75) is 26.2 Å². The number of rotatable bonds is 4. The third kappa shape index (κ3) is 3.67. The predicted octanol–water partition coefficient (Wildman–Crippen LogP) is 3.08. The molecule has 0 fully saturated rings. The summed E-state index contributed by atoms with van der Waals surface area (Å²) in [6, 6.07) is 8.15. The molecule has 0 radical (unpaired) electrons. The van der Waals surface area contributed by atoms with Crippen LogP contribution in [0.25, 0.3) is 0 Å². The predicted molar refractivity (Wildman–Crippen MR) is 65.9 cm³/mol. The molecule has 1 atom stereocenters. The van der Waals surface area contributed by atoms with Crippen LogP contribution in [0.3, 0.4) is 0 Å². The summed E-state index contributed by atoms with van der Waals surface area (Å²) < 4.78 is 1.11. The van der Waals surface area contributed by atoms with E-state index in [4.69, 9.17) is 0 Å². The fourth-order valence-corrected chi connectivity index (χ4v) is 2.16. The van der Waals surface area contributed by atoms with Crippen molar-refractivity contribution in [3.05, 3.63) is 34.3 Å². The number of amides is 1. The van der Waals surface area contributed by atoms with Crippen molar-refractivity contribution in [2.75, 3.05) is 6.54 Å². The molecule has 1 unspecified atom stereocenters. The third-order valence-corrected chi connectivity index (χ3v) is 3.16. The van der Waals surface area contributed by atoms with Crippen LogP contribution in [0.4, 0.5) is 0 Å². The molecular weight excluding hydrogens is 254 g/mol. The molecule has 0 heterocycles. The van der Waals surface area contributed by atoms with Gasteiger partial charge in [-0.15, -0.1) is 0 Å². The molecule has 0 aliphatic heterocycles. The topological polar surface area (TPSA) is 29.1 Å². The smallest absolute Gasteiger partial charge is 0.216 e. The van der Waals surface area contributed by atoms with Gasteiger partial charge in [-0.3, -0.25) is 4.79 Å². The second-order valence-electron chi connectivity index (χ2n) is 3.56. The molecule has 3 heteroatoms. The van der Waals surface area contributed by atoms with Crippen LogP contribution in [0.15, 0.2) is 28.7 Å². The van der Waals surface area contributed by atoms with Gasteiger partial charge in [0.15, 0.2) is 0 Å². The molecule has 0 saturated heterocycles. The normalized spacial score (nSPS) is 12.2.